The number of halogens is 2. The minimum absolute atomic E-state index is 0.139. The lowest BCUT2D eigenvalue weighted by atomic mass is 9.92. The van der Waals surface area contributed by atoms with Gasteiger partial charge in [-0.15, -0.1) is 0 Å². The third kappa shape index (κ3) is 5.67. The molecule has 0 aliphatic carbocycles. The van der Waals surface area contributed by atoms with E-state index in [1.165, 1.54) is 0 Å². The second-order valence-corrected chi connectivity index (χ2v) is 8.89. The van der Waals surface area contributed by atoms with Crippen LogP contribution in [0.4, 0.5) is 0 Å². The molecule has 0 fully saturated rings. The number of fused-ring (bicyclic) bond motifs is 1. The van der Waals surface area contributed by atoms with E-state index in [-0.39, 0.29) is 12.3 Å². The highest BCUT2D eigenvalue weighted by Gasteiger charge is 2.34. The number of rotatable bonds is 7. The summed E-state index contributed by atoms with van der Waals surface area (Å²) < 4.78 is 12.7. The molecule has 170 valence electrons. The van der Waals surface area contributed by atoms with Crippen molar-refractivity contribution in [2.24, 2.45) is 0 Å². The molecule has 0 saturated heterocycles. The number of nitrogens with one attached hydrogen (secondary N) is 1. The standard InChI is InChI=1S/C25H21BrClNO5/c26-21-4-2-1-3-15(21)11-12-28-24(29)16-5-8-18(9-6-16)32-23-14-20(25(30)31)19-13-17(27)7-10-22(19)33-23/h1-10,13,20,23H,11-12,14H2,(H,28,29)(H,30,31). The van der Waals surface area contributed by atoms with Gasteiger partial charge in [-0.25, -0.2) is 0 Å². The topological polar surface area (TPSA) is 84.9 Å². The van der Waals surface area contributed by atoms with Crippen molar-refractivity contribution in [1.29, 1.82) is 0 Å². The number of aliphatic carboxylic acids is 1. The molecule has 8 heteroatoms. The molecule has 6 nitrogen and oxygen atoms in total. The lowest BCUT2D eigenvalue weighted by Crippen LogP contribution is -2.33. The fraction of sp³-hybridized carbons (Fsp3) is 0.200. The highest BCUT2D eigenvalue weighted by atomic mass is 79.9. The van der Waals surface area contributed by atoms with E-state index in [0.29, 0.717) is 40.6 Å². The van der Waals surface area contributed by atoms with Crippen LogP contribution in [0.15, 0.2) is 71.2 Å². The first-order valence-electron chi connectivity index (χ1n) is 10.4. The Labute approximate surface area is 204 Å². The van der Waals surface area contributed by atoms with Crippen molar-refractivity contribution in [3.05, 3.63) is 92.9 Å². The zero-order valence-electron chi connectivity index (χ0n) is 17.5. The Hall–Kier alpha value is -3.03. The van der Waals surface area contributed by atoms with E-state index in [1.807, 2.05) is 24.3 Å². The molecule has 0 saturated carbocycles. The minimum Gasteiger partial charge on any atom is -0.481 e. The van der Waals surface area contributed by atoms with Gasteiger partial charge in [0.25, 0.3) is 5.91 Å². The maximum atomic E-state index is 12.4. The third-order valence-electron chi connectivity index (χ3n) is 5.35. The van der Waals surface area contributed by atoms with Gasteiger partial charge in [-0.3, -0.25) is 9.59 Å². The van der Waals surface area contributed by atoms with Gasteiger partial charge in [0.2, 0.25) is 6.29 Å². The molecule has 0 spiro atoms. The average molecular weight is 531 g/mol. The highest BCUT2D eigenvalue weighted by molar-refractivity contribution is 9.10. The number of hydrogen-bond donors (Lipinski definition) is 2. The Kier molecular flexibility index (Phi) is 7.20. The number of carbonyl (C=O) groups excluding carboxylic acids is 1. The number of carboxylic acid groups (broad SMARTS) is 1. The highest BCUT2D eigenvalue weighted by Crippen LogP contribution is 2.38. The second kappa shape index (κ2) is 10.3. The summed E-state index contributed by atoms with van der Waals surface area (Å²) in [5.41, 5.74) is 2.16. The Morgan fingerprint density at radius 2 is 1.88 bits per heavy atom. The molecule has 4 rings (SSSR count). The first-order valence-corrected chi connectivity index (χ1v) is 11.5. The van der Waals surface area contributed by atoms with Crippen molar-refractivity contribution in [3.63, 3.8) is 0 Å². The van der Waals surface area contributed by atoms with Crippen LogP contribution in [0.3, 0.4) is 0 Å². The lowest BCUT2D eigenvalue weighted by molar-refractivity contribution is -0.141. The van der Waals surface area contributed by atoms with Crippen LogP contribution < -0.4 is 14.8 Å². The van der Waals surface area contributed by atoms with Crippen molar-refractivity contribution in [2.75, 3.05) is 6.54 Å². The first-order chi connectivity index (χ1) is 15.9. The van der Waals surface area contributed by atoms with Gasteiger partial charge in [0.05, 0.1) is 5.92 Å². The molecule has 1 aliphatic heterocycles. The van der Waals surface area contributed by atoms with Gasteiger partial charge in [-0.2, -0.15) is 0 Å². The van der Waals surface area contributed by atoms with Gasteiger partial charge in [0, 0.05) is 33.6 Å². The summed E-state index contributed by atoms with van der Waals surface area (Å²) in [4.78, 5) is 24.2. The molecule has 0 radical (unpaired) electrons. The number of ether oxygens (including phenoxy) is 2. The van der Waals surface area contributed by atoms with Crippen LogP contribution in [0.25, 0.3) is 0 Å². The van der Waals surface area contributed by atoms with Crippen LogP contribution in [0.2, 0.25) is 5.02 Å². The predicted molar refractivity (Wildman–Crippen MR) is 128 cm³/mol. The van der Waals surface area contributed by atoms with Gasteiger partial charge in [0.1, 0.15) is 11.5 Å². The summed E-state index contributed by atoms with van der Waals surface area (Å²) in [5.74, 6) is -1.02. The van der Waals surface area contributed by atoms with E-state index >= 15 is 0 Å². The van der Waals surface area contributed by atoms with Crippen LogP contribution >= 0.6 is 27.5 Å². The Morgan fingerprint density at radius 3 is 2.61 bits per heavy atom. The molecule has 3 aromatic carbocycles. The van der Waals surface area contributed by atoms with E-state index in [0.717, 1.165) is 10.0 Å². The summed E-state index contributed by atoms with van der Waals surface area (Å²) in [6, 6.07) is 19.4. The van der Waals surface area contributed by atoms with Crippen molar-refractivity contribution in [2.45, 2.75) is 25.0 Å². The van der Waals surface area contributed by atoms with E-state index in [4.69, 9.17) is 21.1 Å². The number of carboxylic acids is 1. The quantitative estimate of drug-likeness (QED) is 0.425. The Morgan fingerprint density at radius 1 is 1.12 bits per heavy atom. The first kappa shape index (κ1) is 23.1. The fourth-order valence-corrected chi connectivity index (χ4v) is 4.33. The molecule has 0 aromatic heterocycles. The Bertz CT molecular complexity index is 1170. The second-order valence-electron chi connectivity index (χ2n) is 7.60. The summed E-state index contributed by atoms with van der Waals surface area (Å²) in [7, 11) is 0. The largest absolute Gasteiger partial charge is 0.481 e. The predicted octanol–water partition coefficient (Wildman–Crippen LogP) is 5.43. The van der Waals surface area contributed by atoms with Crippen molar-refractivity contribution < 1.29 is 24.2 Å². The maximum absolute atomic E-state index is 12.4. The molecule has 1 heterocycles. The zero-order chi connectivity index (χ0) is 23.4. The van der Waals surface area contributed by atoms with Crippen LogP contribution in [0.1, 0.15) is 33.8 Å². The summed E-state index contributed by atoms with van der Waals surface area (Å²) in [6.45, 7) is 0.510. The monoisotopic (exact) mass is 529 g/mol. The minimum atomic E-state index is -0.968. The van der Waals surface area contributed by atoms with E-state index in [2.05, 4.69) is 21.2 Å². The number of benzene rings is 3. The van der Waals surface area contributed by atoms with Gasteiger partial charge in [-0.1, -0.05) is 45.7 Å². The van der Waals surface area contributed by atoms with Crippen molar-refractivity contribution in [1.82, 2.24) is 5.32 Å². The van der Waals surface area contributed by atoms with Gasteiger partial charge in [0.15, 0.2) is 0 Å². The van der Waals surface area contributed by atoms with Crippen molar-refractivity contribution in [3.8, 4) is 11.5 Å². The normalized spacial score (nSPS) is 16.9. The molecule has 3 aromatic rings. The fourth-order valence-electron chi connectivity index (χ4n) is 3.66. The van der Waals surface area contributed by atoms with Crippen molar-refractivity contribution >= 4 is 39.4 Å². The van der Waals surface area contributed by atoms with Crippen LogP contribution in [0, 0.1) is 0 Å². The molecule has 2 atom stereocenters. The maximum Gasteiger partial charge on any atom is 0.311 e. The SMILES string of the molecule is O=C(NCCc1ccccc1Br)c1ccc(OC2CC(C(=O)O)c3cc(Cl)ccc3O2)cc1. The Balaban J connectivity index is 1.35. The smallest absolute Gasteiger partial charge is 0.311 e. The molecule has 1 amide bonds. The van der Waals surface area contributed by atoms with Gasteiger partial charge >= 0.3 is 5.97 Å². The number of amides is 1. The van der Waals surface area contributed by atoms with Gasteiger partial charge in [-0.05, 0) is 60.5 Å². The van der Waals surface area contributed by atoms with E-state index in [1.54, 1.807) is 42.5 Å². The number of hydrogen-bond acceptors (Lipinski definition) is 4. The summed E-state index contributed by atoms with van der Waals surface area (Å²) in [6.07, 6.45) is 0.0777. The molecule has 0 bridgehead atoms. The van der Waals surface area contributed by atoms with Gasteiger partial charge < -0.3 is 19.9 Å². The summed E-state index contributed by atoms with van der Waals surface area (Å²) in [5, 5.41) is 13.0. The molecular weight excluding hydrogens is 510 g/mol. The average Bonchev–Trinajstić information content (AvgIpc) is 2.80. The molecule has 2 N–H and O–H groups in total. The zero-order valence-corrected chi connectivity index (χ0v) is 19.8. The molecule has 1 aliphatic rings. The molecule has 2 unspecified atom stereocenters. The lowest BCUT2D eigenvalue weighted by Gasteiger charge is -2.30. The number of carbonyl (C=O) groups is 2. The van der Waals surface area contributed by atoms with Crippen LogP contribution in [0.5, 0.6) is 11.5 Å². The van der Waals surface area contributed by atoms with Crippen LogP contribution in [-0.2, 0) is 11.2 Å². The third-order valence-corrected chi connectivity index (χ3v) is 6.36. The molecule has 33 heavy (non-hydrogen) atoms. The molecular formula is C25H21BrClNO5. The van der Waals surface area contributed by atoms with Crippen LogP contribution in [-0.4, -0.2) is 29.8 Å². The van der Waals surface area contributed by atoms with E-state index in [9.17, 15) is 14.7 Å². The van der Waals surface area contributed by atoms with E-state index < -0.39 is 18.2 Å². The summed E-state index contributed by atoms with van der Waals surface area (Å²) >= 11 is 9.51.